The first-order chi connectivity index (χ1) is 22.3. The number of methoxy groups -OCH3 is 1. The summed E-state index contributed by atoms with van der Waals surface area (Å²) in [6, 6.07) is 18.0. The van der Waals surface area contributed by atoms with Gasteiger partial charge in [-0.1, -0.05) is 29.5 Å². The summed E-state index contributed by atoms with van der Waals surface area (Å²) in [5.41, 5.74) is 2.18. The van der Waals surface area contributed by atoms with E-state index < -0.39 is 18.0 Å². The van der Waals surface area contributed by atoms with E-state index in [0.717, 1.165) is 0 Å². The van der Waals surface area contributed by atoms with Crippen LogP contribution in [0.3, 0.4) is 0 Å². The Morgan fingerprint density at radius 2 is 1.54 bits per heavy atom. The highest BCUT2D eigenvalue weighted by Gasteiger charge is 2.34. The van der Waals surface area contributed by atoms with Crippen molar-refractivity contribution in [2.45, 2.75) is 33.7 Å². The van der Waals surface area contributed by atoms with E-state index >= 15 is 0 Å². The van der Waals surface area contributed by atoms with Crippen LogP contribution in [0, 0.1) is 0 Å². The van der Waals surface area contributed by atoms with Crippen LogP contribution in [0.15, 0.2) is 87.8 Å². The molecule has 1 aliphatic heterocycles. The smallest absolute Gasteiger partial charge is 0.343 e. The maximum absolute atomic E-state index is 14.0. The molecule has 4 aromatic rings. The largest absolute Gasteiger partial charge is 0.497 e. The van der Waals surface area contributed by atoms with Crippen LogP contribution in [0.1, 0.15) is 55.2 Å². The van der Waals surface area contributed by atoms with E-state index in [1.807, 2.05) is 19.9 Å². The molecule has 3 aromatic carbocycles. The molecular weight excluding hydrogens is 608 g/mol. The van der Waals surface area contributed by atoms with Crippen molar-refractivity contribution < 1.29 is 33.3 Å². The van der Waals surface area contributed by atoms with E-state index in [9.17, 15) is 14.4 Å². The Morgan fingerprint density at radius 1 is 0.870 bits per heavy atom. The first kappa shape index (κ1) is 32.2. The minimum absolute atomic E-state index is 0.172. The third-order valence-electron chi connectivity index (χ3n) is 7.11. The number of nitrogens with zero attached hydrogens (tertiary/aromatic N) is 2. The molecule has 1 aliphatic rings. The van der Waals surface area contributed by atoms with Gasteiger partial charge in [-0.2, -0.15) is 0 Å². The van der Waals surface area contributed by atoms with Crippen molar-refractivity contribution >= 4 is 29.4 Å². The van der Waals surface area contributed by atoms with E-state index in [1.54, 1.807) is 87.7 Å². The van der Waals surface area contributed by atoms with Crippen LogP contribution >= 0.6 is 11.3 Å². The molecule has 0 bridgehead atoms. The Hall–Kier alpha value is -5.16. The summed E-state index contributed by atoms with van der Waals surface area (Å²) in [4.78, 5) is 44.9. The van der Waals surface area contributed by atoms with Crippen LogP contribution in [0.4, 0.5) is 0 Å². The van der Waals surface area contributed by atoms with Crippen molar-refractivity contribution in [3.63, 3.8) is 0 Å². The molecule has 0 N–H and O–H groups in total. The molecule has 1 aromatic heterocycles. The number of carbonyl (C=O) groups excluding carboxylic acids is 2. The van der Waals surface area contributed by atoms with Crippen LogP contribution in [0.2, 0.25) is 0 Å². The van der Waals surface area contributed by atoms with Crippen molar-refractivity contribution in [3.05, 3.63) is 114 Å². The number of ether oxygens (including phenoxy) is 5. The van der Waals surface area contributed by atoms with E-state index in [1.165, 1.54) is 15.9 Å². The molecule has 5 rings (SSSR count). The topological polar surface area (TPSA) is 115 Å². The van der Waals surface area contributed by atoms with Gasteiger partial charge >= 0.3 is 11.9 Å². The number of rotatable bonds is 11. The van der Waals surface area contributed by atoms with Crippen molar-refractivity contribution in [2.24, 2.45) is 4.99 Å². The molecule has 0 spiro atoms. The Labute approximate surface area is 269 Å². The molecule has 0 amide bonds. The fraction of sp³-hybridized carbons (Fsp3) is 0.257. The average molecular weight is 643 g/mol. The van der Waals surface area contributed by atoms with Crippen molar-refractivity contribution in [1.82, 2.24) is 4.57 Å². The predicted octanol–water partition coefficient (Wildman–Crippen LogP) is 4.82. The van der Waals surface area contributed by atoms with Crippen molar-refractivity contribution in [3.8, 4) is 23.0 Å². The second-order valence-electron chi connectivity index (χ2n) is 10.1. The number of hydrogen-bond donors (Lipinski definition) is 0. The van der Waals surface area contributed by atoms with Gasteiger partial charge in [0.1, 0.15) is 11.5 Å². The van der Waals surface area contributed by atoms with Crippen LogP contribution in [-0.4, -0.2) is 43.4 Å². The zero-order chi connectivity index (χ0) is 32.8. The molecule has 0 fully saturated rings. The number of hydrogen-bond acceptors (Lipinski definition) is 10. The Bertz CT molecular complexity index is 1960. The second-order valence-corrected chi connectivity index (χ2v) is 11.1. The van der Waals surface area contributed by atoms with Gasteiger partial charge in [-0.15, -0.1) is 0 Å². The van der Waals surface area contributed by atoms with Gasteiger partial charge in [0.2, 0.25) is 0 Å². The first-order valence-electron chi connectivity index (χ1n) is 14.8. The van der Waals surface area contributed by atoms with Gasteiger partial charge in [-0.25, -0.2) is 14.6 Å². The minimum atomic E-state index is -0.799. The lowest BCUT2D eigenvalue weighted by Gasteiger charge is -2.25. The third-order valence-corrected chi connectivity index (χ3v) is 8.10. The molecule has 1 atom stereocenters. The minimum Gasteiger partial charge on any atom is -0.497 e. The highest BCUT2D eigenvalue weighted by molar-refractivity contribution is 7.07. The first-order valence-corrected chi connectivity index (χ1v) is 15.6. The maximum Gasteiger partial charge on any atom is 0.343 e. The van der Waals surface area contributed by atoms with Crippen LogP contribution in [0.5, 0.6) is 23.0 Å². The number of carbonyl (C=O) groups is 2. The molecule has 46 heavy (non-hydrogen) atoms. The van der Waals surface area contributed by atoms with E-state index in [2.05, 4.69) is 4.99 Å². The summed E-state index contributed by atoms with van der Waals surface area (Å²) in [5, 5.41) is 0. The summed E-state index contributed by atoms with van der Waals surface area (Å²) in [5.74, 6) is 1.02. The molecule has 238 valence electrons. The molecule has 0 unspecified atom stereocenters. The molecule has 0 saturated heterocycles. The van der Waals surface area contributed by atoms with Gasteiger partial charge in [0, 0.05) is 0 Å². The predicted molar refractivity (Wildman–Crippen MR) is 174 cm³/mol. The number of aromatic nitrogens is 1. The molecule has 11 heteroatoms. The fourth-order valence-electron chi connectivity index (χ4n) is 5.02. The maximum atomic E-state index is 14.0. The Kier molecular flexibility index (Phi) is 10.0. The Morgan fingerprint density at radius 3 is 2.20 bits per heavy atom. The molecule has 10 nitrogen and oxygen atoms in total. The standard InChI is InChI=1S/C35H34N2O8S/c1-6-42-27-18-13-24(20-28(27)43-7-2)31-30(34(40)44-8-3)21(4)36-35-37(31)32(38)29(46-35)19-22-9-14-26(15-10-22)45-33(39)23-11-16-25(41-5)17-12-23/h9-20,31H,6-8H2,1-5H3/b29-19-/t31-/m1/s1. The van der Waals surface area contributed by atoms with Gasteiger partial charge < -0.3 is 23.7 Å². The van der Waals surface area contributed by atoms with E-state index in [-0.39, 0.29) is 17.7 Å². The quantitative estimate of drug-likeness (QED) is 0.169. The van der Waals surface area contributed by atoms with Gasteiger partial charge in [0.25, 0.3) is 5.56 Å². The van der Waals surface area contributed by atoms with Gasteiger partial charge in [-0.3, -0.25) is 9.36 Å². The van der Waals surface area contributed by atoms with Gasteiger partial charge in [-0.05, 0) is 93.4 Å². The lowest BCUT2D eigenvalue weighted by molar-refractivity contribution is -0.139. The van der Waals surface area contributed by atoms with Crippen molar-refractivity contribution in [2.75, 3.05) is 26.9 Å². The zero-order valence-corrected chi connectivity index (χ0v) is 27.0. The zero-order valence-electron chi connectivity index (χ0n) is 26.2. The number of fused-ring (bicyclic) bond motifs is 1. The average Bonchev–Trinajstić information content (AvgIpc) is 3.36. The normalized spacial score (nSPS) is 14.3. The Balaban J connectivity index is 1.51. The summed E-state index contributed by atoms with van der Waals surface area (Å²) in [6.07, 6.45) is 1.74. The lowest BCUT2D eigenvalue weighted by atomic mass is 9.95. The van der Waals surface area contributed by atoms with Gasteiger partial charge in [0.15, 0.2) is 16.3 Å². The second kappa shape index (κ2) is 14.3. The van der Waals surface area contributed by atoms with E-state index in [0.29, 0.717) is 67.9 Å². The monoisotopic (exact) mass is 642 g/mol. The van der Waals surface area contributed by atoms with Crippen LogP contribution in [0.25, 0.3) is 6.08 Å². The molecule has 0 saturated carbocycles. The summed E-state index contributed by atoms with van der Waals surface area (Å²) in [7, 11) is 1.55. The highest BCUT2D eigenvalue weighted by Crippen LogP contribution is 2.36. The molecule has 0 radical (unpaired) electrons. The number of thiazole rings is 1. The van der Waals surface area contributed by atoms with Crippen LogP contribution < -0.4 is 33.8 Å². The molecule has 0 aliphatic carbocycles. The molecular formula is C35H34N2O8S. The molecule has 2 heterocycles. The highest BCUT2D eigenvalue weighted by atomic mass is 32.1. The fourth-order valence-corrected chi connectivity index (χ4v) is 6.07. The van der Waals surface area contributed by atoms with Crippen molar-refractivity contribution in [1.29, 1.82) is 0 Å². The number of benzene rings is 3. The number of esters is 2. The van der Waals surface area contributed by atoms with Gasteiger partial charge in [0.05, 0.1) is 54.3 Å². The number of allylic oxidation sites excluding steroid dienone is 1. The van der Waals surface area contributed by atoms with Crippen LogP contribution in [-0.2, 0) is 9.53 Å². The summed E-state index contributed by atoms with van der Waals surface area (Å²) in [6.45, 7) is 8.26. The summed E-state index contributed by atoms with van der Waals surface area (Å²) >= 11 is 1.22. The summed E-state index contributed by atoms with van der Waals surface area (Å²) < 4.78 is 29.6. The van der Waals surface area contributed by atoms with E-state index in [4.69, 9.17) is 23.7 Å². The lowest BCUT2D eigenvalue weighted by Crippen LogP contribution is -2.40. The third kappa shape index (κ3) is 6.74. The SMILES string of the molecule is CCOC(=O)C1=C(C)N=c2s/c(=C\c3ccc(OC(=O)c4ccc(OC)cc4)cc3)c(=O)n2[C@@H]1c1ccc(OCC)c(OCC)c1.